The number of hydrogen-bond donors (Lipinski definition) is 2. The number of halogens is 2. The second-order valence-corrected chi connectivity index (χ2v) is 5.49. The van der Waals surface area contributed by atoms with E-state index in [1.165, 1.54) is 6.07 Å². The van der Waals surface area contributed by atoms with Gasteiger partial charge in [-0.25, -0.2) is 0 Å². The predicted molar refractivity (Wildman–Crippen MR) is 81.2 cm³/mol. The molecular formula is C14H8BrClN2O3. The molecule has 0 aliphatic rings. The van der Waals surface area contributed by atoms with Gasteiger partial charge in [-0.15, -0.1) is 0 Å². The normalized spacial score (nSPS) is 10.8. The van der Waals surface area contributed by atoms with Gasteiger partial charge in [0, 0.05) is 10.0 Å². The van der Waals surface area contributed by atoms with Gasteiger partial charge in [-0.05, 0) is 46.3 Å². The molecule has 0 aliphatic carbocycles. The quantitative estimate of drug-likeness (QED) is 0.663. The number of benzene rings is 2. The largest absolute Gasteiger partial charge is 0.504 e. The smallest absolute Gasteiger partial charge is 0.262 e. The molecule has 106 valence electrons. The highest BCUT2D eigenvalue weighted by Crippen LogP contribution is 2.36. The van der Waals surface area contributed by atoms with Gasteiger partial charge in [0.2, 0.25) is 5.82 Å². The number of aromatic hydroxyl groups is 2. The Bertz CT molecular complexity index is 820. The molecule has 0 saturated carbocycles. The van der Waals surface area contributed by atoms with Gasteiger partial charge in [0.15, 0.2) is 11.5 Å². The van der Waals surface area contributed by atoms with E-state index in [0.29, 0.717) is 20.9 Å². The fourth-order valence-corrected chi connectivity index (χ4v) is 2.29. The standard InChI is InChI=1S/C14H8BrClN2O3/c15-9-6-7(4-5-10(9)16)13-17-14(21-18-13)8-2-1-3-11(19)12(8)20/h1-6,19-20H. The van der Waals surface area contributed by atoms with E-state index < -0.39 is 0 Å². The van der Waals surface area contributed by atoms with Crippen LogP contribution in [0.3, 0.4) is 0 Å². The van der Waals surface area contributed by atoms with Crippen LogP contribution in [0.5, 0.6) is 11.5 Å². The van der Waals surface area contributed by atoms with Crippen molar-refractivity contribution in [2.24, 2.45) is 0 Å². The summed E-state index contributed by atoms with van der Waals surface area (Å²) in [6.45, 7) is 0. The zero-order chi connectivity index (χ0) is 15.0. The Balaban J connectivity index is 2.03. The lowest BCUT2D eigenvalue weighted by atomic mass is 10.2. The molecule has 0 amide bonds. The van der Waals surface area contributed by atoms with Crippen molar-refractivity contribution >= 4 is 27.5 Å². The molecule has 1 aromatic heterocycles. The maximum absolute atomic E-state index is 9.81. The minimum absolute atomic E-state index is 0.115. The number of rotatable bonds is 2. The zero-order valence-corrected chi connectivity index (χ0v) is 12.8. The molecule has 0 saturated heterocycles. The van der Waals surface area contributed by atoms with Crippen molar-refractivity contribution in [1.29, 1.82) is 0 Å². The van der Waals surface area contributed by atoms with Gasteiger partial charge in [-0.3, -0.25) is 0 Å². The van der Waals surface area contributed by atoms with Crippen molar-refractivity contribution in [3.63, 3.8) is 0 Å². The zero-order valence-electron chi connectivity index (χ0n) is 10.4. The SMILES string of the molecule is Oc1cccc(-c2nc(-c3ccc(Cl)c(Br)c3)no2)c1O. The number of aromatic nitrogens is 2. The average Bonchev–Trinajstić information content (AvgIpc) is 2.94. The van der Waals surface area contributed by atoms with E-state index in [1.54, 1.807) is 30.3 Å². The molecule has 3 aromatic rings. The molecule has 0 spiro atoms. The third-order valence-electron chi connectivity index (χ3n) is 2.85. The summed E-state index contributed by atoms with van der Waals surface area (Å²) in [7, 11) is 0. The maximum atomic E-state index is 9.81. The molecule has 0 bridgehead atoms. The number of para-hydroxylation sites is 1. The van der Waals surface area contributed by atoms with Crippen molar-refractivity contribution < 1.29 is 14.7 Å². The molecule has 0 fully saturated rings. The van der Waals surface area contributed by atoms with E-state index in [0.717, 1.165) is 0 Å². The molecule has 2 N–H and O–H groups in total. The molecule has 0 radical (unpaired) electrons. The second kappa shape index (κ2) is 5.38. The first-order valence-electron chi connectivity index (χ1n) is 5.86. The Morgan fingerprint density at radius 3 is 2.71 bits per heavy atom. The summed E-state index contributed by atoms with van der Waals surface area (Å²) >= 11 is 9.26. The van der Waals surface area contributed by atoms with Crippen LogP contribution in [0, 0.1) is 0 Å². The molecule has 0 aliphatic heterocycles. The summed E-state index contributed by atoms with van der Waals surface area (Å²) in [6, 6.07) is 9.75. The van der Waals surface area contributed by atoms with Crippen LogP contribution in [0.2, 0.25) is 5.02 Å². The van der Waals surface area contributed by atoms with Crippen LogP contribution in [-0.4, -0.2) is 20.4 Å². The third-order valence-corrected chi connectivity index (χ3v) is 4.06. The van der Waals surface area contributed by atoms with Crippen molar-refractivity contribution in [1.82, 2.24) is 10.1 Å². The van der Waals surface area contributed by atoms with Crippen LogP contribution in [0.4, 0.5) is 0 Å². The average molecular weight is 368 g/mol. The summed E-state index contributed by atoms with van der Waals surface area (Å²) in [5.41, 5.74) is 0.975. The first kappa shape index (κ1) is 13.9. The Morgan fingerprint density at radius 1 is 1.14 bits per heavy atom. The van der Waals surface area contributed by atoms with E-state index >= 15 is 0 Å². The van der Waals surface area contributed by atoms with Crippen molar-refractivity contribution in [3.05, 3.63) is 45.9 Å². The minimum Gasteiger partial charge on any atom is -0.504 e. The lowest BCUT2D eigenvalue weighted by Crippen LogP contribution is -1.83. The lowest BCUT2D eigenvalue weighted by molar-refractivity contribution is 0.397. The van der Waals surface area contributed by atoms with Gasteiger partial charge in [-0.1, -0.05) is 22.8 Å². The number of phenolic OH excluding ortho intramolecular Hbond substituents is 2. The number of phenols is 2. The van der Waals surface area contributed by atoms with Crippen LogP contribution in [0.25, 0.3) is 22.8 Å². The van der Waals surface area contributed by atoms with Gasteiger partial charge < -0.3 is 14.7 Å². The second-order valence-electron chi connectivity index (χ2n) is 4.23. The van der Waals surface area contributed by atoms with Gasteiger partial charge in [0.1, 0.15) is 0 Å². The molecule has 7 heteroatoms. The van der Waals surface area contributed by atoms with Crippen LogP contribution in [-0.2, 0) is 0 Å². The van der Waals surface area contributed by atoms with Crippen LogP contribution in [0.15, 0.2) is 45.4 Å². The molecule has 3 rings (SSSR count). The molecule has 5 nitrogen and oxygen atoms in total. The summed E-state index contributed by atoms with van der Waals surface area (Å²) < 4.78 is 5.85. The number of hydrogen-bond acceptors (Lipinski definition) is 5. The van der Waals surface area contributed by atoms with Crippen LogP contribution < -0.4 is 0 Å². The monoisotopic (exact) mass is 366 g/mol. The van der Waals surface area contributed by atoms with Crippen molar-refractivity contribution in [2.45, 2.75) is 0 Å². The Labute approximate surface area is 132 Å². The summed E-state index contributed by atoms with van der Waals surface area (Å²) in [5.74, 6) is -0.0824. The third kappa shape index (κ3) is 2.59. The van der Waals surface area contributed by atoms with E-state index in [2.05, 4.69) is 26.1 Å². The summed E-state index contributed by atoms with van der Waals surface area (Å²) in [5, 5.41) is 23.7. The predicted octanol–water partition coefficient (Wildman–Crippen LogP) is 4.23. The van der Waals surface area contributed by atoms with Gasteiger partial charge in [0.25, 0.3) is 5.89 Å². The minimum atomic E-state index is -0.301. The van der Waals surface area contributed by atoms with Gasteiger partial charge in [0.05, 0.1) is 10.6 Å². The van der Waals surface area contributed by atoms with Crippen LogP contribution in [0.1, 0.15) is 0 Å². The first-order valence-corrected chi connectivity index (χ1v) is 7.04. The first-order chi connectivity index (χ1) is 10.1. The Kier molecular flexibility index (Phi) is 3.57. The highest BCUT2D eigenvalue weighted by Gasteiger charge is 2.16. The fraction of sp³-hybridized carbons (Fsp3) is 0. The van der Waals surface area contributed by atoms with Gasteiger partial charge in [-0.2, -0.15) is 4.98 Å². The number of nitrogens with zero attached hydrogens (tertiary/aromatic N) is 2. The van der Waals surface area contributed by atoms with E-state index in [-0.39, 0.29) is 23.0 Å². The van der Waals surface area contributed by atoms with Crippen LogP contribution >= 0.6 is 27.5 Å². The highest BCUT2D eigenvalue weighted by molar-refractivity contribution is 9.10. The molecule has 0 atom stereocenters. The topological polar surface area (TPSA) is 79.4 Å². The van der Waals surface area contributed by atoms with Gasteiger partial charge >= 0.3 is 0 Å². The molecular weight excluding hydrogens is 360 g/mol. The summed E-state index contributed by atoms with van der Waals surface area (Å²) in [4.78, 5) is 4.21. The van der Waals surface area contributed by atoms with E-state index in [4.69, 9.17) is 16.1 Å². The van der Waals surface area contributed by atoms with E-state index in [1.807, 2.05) is 0 Å². The highest BCUT2D eigenvalue weighted by atomic mass is 79.9. The summed E-state index contributed by atoms with van der Waals surface area (Å²) in [6.07, 6.45) is 0. The van der Waals surface area contributed by atoms with Crippen molar-refractivity contribution in [2.75, 3.05) is 0 Å². The fourth-order valence-electron chi connectivity index (χ4n) is 1.79. The lowest BCUT2D eigenvalue weighted by Gasteiger charge is -2.00. The molecule has 0 unspecified atom stereocenters. The molecule has 2 aromatic carbocycles. The maximum Gasteiger partial charge on any atom is 0.262 e. The molecule has 21 heavy (non-hydrogen) atoms. The van der Waals surface area contributed by atoms with E-state index in [9.17, 15) is 10.2 Å². The van der Waals surface area contributed by atoms with Crippen molar-refractivity contribution in [3.8, 4) is 34.3 Å². The molecule has 1 heterocycles. The Hall–Kier alpha value is -2.05. The Morgan fingerprint density at radius 2 is 1.95 bits per heavy atom.